The van der Waals surface area contributed by atoms with E-state index >= 15 is 0 Å². The second kappa shape index (κ2) is 15.0. The second-order valence-electron chi connectivity index (χ2n) is 7.84. The van der Waals surface area contributed by atoms with Crippen molar-refractivity contribution in [2.75, 3.05) is 52.7 Å². The first kappa shape index (κ1) is 25.4. The van der Waals surface area contributed by atoms with Gasteiger partial charge in [0.05, 0.1) is 6.61 Å². The van der Waals surface area contributed by atoms with Gasteiger partial charge in [0.2, 0.25) is 5.91 Å². The first-order chi connectivity index (χ1) is 15.1. The van der Waals surface area contributed by atoms with Crippen LogP contribution in [-0.2, 0) is 14.3 Å². The fourth-order valence-electron chi connectivity index (χ4n) is 3.12. The zero-order valence-corrected chi connectivity index (χ0v) is 18.8. The summed E-state index contributed by atoms with van der Waals surface area (Å²) in [5, 5.41) is 16.4. The number of ether oxygens (including phenoxy) is 4. The van der Waals surface area contributed by atoms with Crippen LogP contribution >= 0.6 is 0 Å². The van der Waals surface area contributed by atoms with Crippen LogP contribution < -0.4 is 20.1 Å². The first-order valence-electron chi connectivity index (χ1n) is 11.3. The summed E-state index contributed by atoms with van der Waals surface area (Å²) < 4.78 is 21.9. The molecule has 176 valence electrons. The molecule has 8 nitrogen and oxygen atoms in total. The molecule has 1 amide bonds. The van der Waals surface area contributed by atoms with Crippen LogP contribution in [0.15, 0.2) is 24.3 Å². The number of carbonyl (C=O) groups is 1. The van der Waals surface area contributed by atoms with Crippen molar-refractivity contribution in [3.63, 3.8) is 0 Å². The van der Waals surface area contributed by atoms with Gasteiger partial charge in [0.1, 0.15) is 30.8 Å². The van der Waals surface area contributed by atoms with Crippen LogP contribution in [0.5, 0.6) is 11.5 Å². The highest BCUT2D eigenvalue weighted by molar-refractivity contribution is 5.78. The lowest BCUT2D eigenvalue weighted by Crippen LogP contribution is -2.44. The highest BCUT2D eigenvalue weighted by Crippen LogP contribution is 2.18. The lowest BCUT2D eigenvalue weighted by atomic mass is 9.99. The number of aliphatic hydroxyl groups excluding tert-OH is 1. The summed E-state index contributed by atoms with van der Waals surface area (Å²) in [5.74, 6) is 1.56. The van der Waals surface area contributed by atoms with Gasteiger partial charge in [0, 0.05) is 44.9 Å². The average molecular weight is 439 g/mol. The predicted octanol–water partition coefficient (Wildman–Crippen LogP) is 1.75. The molecule has 1 fully saturated rings. The van der Waals surface area contributed by atoms with Crippen LogP contribution in [0.1, 0.15) is 33.1 Å². The predicted molar refractivity (Wildman–Crippen MR) is 119 cm³/mol. The summed E-state index contributed by atoms with van der Waals surface area (Å²) in [6.07, 6.45) is 1.91. The molecule has 1 unspecified atom stereocenters. The van der Waals surface area contributed by atoms with Crippen molar-refractivity contribution in [3.8, 4) is 11.5 Å². The third-order valence-electron chi connectivity index (χ3n) is 4.99. The van der Waals surface area contributed by atoms with Gasteiger partial charge in [0.15, 0.2) is 0 Å². The Kier molecular flexibility index (Phi) is 12.3. The van der Waals surface area contributed by atoms with Gasteiger partial charge in [-0.15, -0.1) is 0 Å². The molecule has 1 aliphatic rings. The van der Waals surface area contributed by atoms with E-state index in [4.69, 9.17) is 18.9 Å². The standard InChI is InChI=1S/C23H38N2O6/c1-3-10-28-13-14-30-21-4-6-22(7-5-21)31-17-20(26)16-24-18(2)15-25-23(27)19-8-11-29-12-9-19/h4-7,18-20,24,26H,3,8-17H2,1-2H3,(H,25,27)/t18?,20-/m0/s1. The molecule has 2 rings (SSSR count). The lowest BCUT2D eigenvalue weighted by Gasteiger charge is -2.23. The maximum Gasteiger partial charge on any atom is 0.223 e. The number of carbonyl (C=O) groups excluding carboxylic acids is 1. The third-order valence-corrected chi connectivity index (χ3v) is 4.99. The molecule has 0 saturated carbocycles. The van der Waals surface area contributed by atoms with E-state index in [-0.39, 0.29) is 24.5 Å². The summed E-state index contributed by atoms with van der Waals surface area (Å²) in [7, 11) is 0. The van der Waals surface area contributed by atoms with Crippen molar-refractivity contribution >= 4 is 5.91 Å². The van der Waals surface area contributed by atoms with E-state index in [9.17, 15) is 9.90 Å². The van der Waals surface area contributed by atoms with Crippen LogP contribution in [0.25, 0.3) is 0 Å². The van der Waals surface area contributed by atoms with E-state index in [1.807, 2.05) is 31.2 Å². The Morgan fingerprint density at radius 3 is 2.45 bits per heavy atom. The van der Waals surface area contributed by atoms with Crippen molar-refractivity contribution < 1.29 is 28.8 Å². The Morgan fingerprint density at radius 1 is 1.10 bits per heavy atom. The molecule has 3 N–H and O–H groups in total. The Hall–Kier alpha value is -1.87. The molecular weight excluding hydrogens is 400 g/mol. The Balaban J connectivity index is 1.55. The maximum absolute atomic E-state index is 12.1. The summed E-state index contributed by atoms with van der Waals surface area (Å²) >= 11 is 0. The van der Waals surface area contributed by atoms with Crippen molar-refractivity contribution in [1.82, 2.24) is 10.6 Å². The molecule has 0 aliphatic carbocycles. The topological polar surface area (TPSA) is 98.3 Å². The Bertz CT molecular complexity index is 607. The van der Waals surface area contributed by atoms with Crippen molar-refractivity contribution in [2.45, 2.75) is 45.3 Å². The lowest BCUT2D eigenvalue weighted by molar-refractivity contribution is -0.127. The van der Waals surface area contributed by atoms with Crippen molar-refractivity contribution in [3.05, 3.63) is 24.3 Å². The zero-order chi connectivity index (χ0) is 22.3. The van der Waals surface area contributed by atoms with Crippen LogP contribution in [-0.4, -0.2) is 75.9 Å². The molecule has 1 aromatic carbocycles. The molecule has 1 saturated heterocycles. The minimum absolute atomic E-state index is 0.0473. The van der Waals surface area contributed by atoms with Gasteiger partial charge < -0.3 is 34.7 Å². The van der Waals surface area contributed by atoms with Gasteiger partial charge in [-0.3, -0.25) is 4.79 Å². The number of benzene rings is 1. The van der Waals surface area contributed by atoms with E-state index in [1.54, 1.807) is 0 Å². The zero-order valence-electron chi connectivity index (χ0n) is 18.8. The number of nitrogens with one attached hydrogen (secondary N) is 2. The Morgan fingerprint density at radius 2 is 1.77 bits per heavy atom. The fraction of sp³-hybridized carbons (Fsp3) is 0.696. The first-order valence-corrected chi connectivity index (χ1v) is 11.3. The van der Waals surface area contributed by atoms with E-state index in [2.05, 4.69) is 17.6 Å². The minimum Gasteiger partial charge on any atom is -0.491 e. The maximum atomic E-state index is 12.1. The summed E-state index contributed by atoms with van der Waals surface area (Å²) in [6, 6.07) is 7.36. The summed E-state index contributed by atoms with van der Waals surface area (Å²) in [5.41, 5.74) is 0. The average Bonchev–Trinajstić information content (AvgIpc) is 2.81. The molecule has 1 aliphatic heterocycles. The highest BCUT2D eigenvalue weighted by atomic mass is 16.5. The minimum atomic E-state index is -0.653. The van der Waals surface area contributed by atoms with Gasteiger partial charge in [-0.1, -0.05) is 6.92 Å². The van der Waals surface area contributed by atoms with Crippen molar-refractivity contribution in [2.24, 2.45) is 5.92 Å². The third kappa shape index (κ3) is 10.8. The van der Waals surface area contributed by atoms with Gasteiger partial charge in [0.25, 0.3) is 0 Å². The molecule has 2 atom stereocenters. The molecule has 8 heteroatoms. The van der Waals surface area contributed by atoms with Crippen LogP contribution in [0.3, 0.4) is 0 Å². The van der Waals surface area contributed by atoms with Gasteiger partial charge in [-0.25, -0.2) is 0 Å². The SMILES string of the molecule is CCCOCCOc1ccc(OC[C@@H](O)CNC(C)CNC(=O)C2CCOCC2)cc1. The number of hydrogen-bond acceptors (Lipinski definition) is 7. The number of amides is 1. The van der Waals surface area contributed by atoms with Gasteiger partial charge >= 0.3 is 0 Å². The number of aliphatic hydroxyl groups is 1. The molecule has 0 bridgehead atoms. The van der Waals surface area contributed by atoms with Crippen LogP contribution in [0, 0.1) is 5.92 Å². The van der Waals surface area contributed by atoms with E-state index in [0.29, 0.717) is 45.3 Å². The van der Waals surface area contributed by atoms with E-state index in [0.717, 1.165) is 31.6 Å². The molecule has 0 spiro atoms. The number of rotatable bonds is 15. The quantitative estimate of drug-likeness (QED) is 0.359. The van der Waals surface area contributed by atoms with Gasteiger partial charge in [-0.2, -0.15) is 0 Å². The molecule has 0 aromatic heterocycles. The summed E-state index contributed by atoms with van der Waals surface area (Å²) in [4.78, 5) is 12.1. The highest BCUT2D eigenvalue weighted by Gasteiger charge is 2.21. The molecule has 31 heavy (non-hydrogen) atoms. The van der Waals surface area contributed by atoms with Crippen LogP contribution in [0.4, 0.5) is 0 Å². The molecule has 1 aromatic rings. The smallest absolute Gasteiger partial charge is 0.223 e. The fourth-order valence-corrected chi connectivity index (χ4v) is 3.12. The normalized spacial score (nSPS) is 16.5. The van der Waals surface area contributed by atoms with Crippen LogP contribution in [0.2, 0.25) is 0 Å². The number of hydrogen-bond donors (Lipinski definition) is 3. The molecular formula is C23H38N2O6. The monoisotopic (exact) mass is 438 g/mol. The second-order valence-corrected chi connectivity index (χ2v) is 7.84. The Labute approximate surface area is 185 Å². The molecule has 1 heterocycles. The van der Waals surface area contributed by atoms with Gasteiger partial charge in [-0.05, 0) is 50.5 Å². The van der Waals surface area contributed by atoms with E-state index < -0.39 is 6.10 Å². The summed E-state index contributed by atoms with van der Waals surface area (Å²) in [6.45, 7) is 8.27. The molecule has 0 radical (unpaired) electrons. The van der Waals surface area contributed by atoms with E-state index in [1.165, 1.54) is 0 Å². The largest absolute Gasteiger partial charge is 0.491 e. The van der Waals surface area contributed by atoms with Crippen molar-refractivity contribution in [1.29, 1.82) is 0 Å².